The first kappa shape index (κ1) is 14.8. The number of amidine groups is 1. The van der Waals surface area contributed by atoms with Crippen molar-refractivity contribution >= 4 is 27.7 Å². The molecule has 0 aliphatic heterocycles. The SMILES string of the molecule is N/C(=N/O)C1(NC(=O)c2ccccc2Br)CCCCC1. The Bertz CT molecular complexity index is 525. The molecule has 0 saturated heterocycles. The average molecular weight is 340 g/mol. The van der Waals surface area contributed by atoms with Crippen LogP contribution in [0.3, 0.4) is 0 Å². The summed E-state index contributed by atoms with van der Waals surface area (Å²) in [6, 6.07) is 7.20. The van der Waals surface area contributed by atoms with Gasteiger partial charge in [-0.3, -0.25) is 4.79 Å². The number of benzene rings is 1. The van der Waals surface area contributed by atoms with E-state index in [1.807, 2.05) is 12.1 Å². The molecule has 0 atom stereocenters. The third-order valence-corrected chi connectivity index (χ3v) is 4.47. The molecule has 1 saturated carbocycles. The van der Waals surface area contributed by atoms with Gasteiger partial charge in [0, 0.05) is 4.47 Å². The Balaban J connectivity index is 2.24. The van der Waals surface area contributed by atoms with Crippen molar-refractivity contribution in [2.24, 2.45) is 10.9 Å². The number of nitrogens with two attached hydrogens (primary N) is 1. The molecule has 1 aromatic rings. The molecule has 0 aromatic heterocycles. The van der Waals surface area contributed by atoms with Crippen molar-refractivity contribution in [3.63, 3.8) is 0 Å². The number of hydrogen-bond donors (Lipinski definition) is 3. The number of rotatable bonds is 3. The van der Waals surface area contributed by atoms with Gasteiger partial charge < -0.3 is 16.3 Å². The summed E-state index contributed by atoms with van der Waals surface area (Å²) in [5.41, 5.74) is 5.63. The Morgan fingerprint density at radius 3 is 2.55 bits per heavy atom. The van der Waals surface area contributed by atoms with E-state index in [2.05, 4.69) is 26.4 Å². The minimum Gasteiger partial charge on any atom is -0.409 e. The summed E-state index contributed by atoms with van der Waals surface area (Å²) in [5, 5.41) is 15.1. The van der Waals surface area contributed by atoms with Gasteiger partial charge in [0.15, 0.2) is 5.84 Å². The zero-order valence-corrected chi connectivity index (χ0v) is 12.7. The van der Waals surface area contributed by atoms with Crippen LogP contribution in [0.15, 0.2) is 33.9 Å². The summed E-state index contributed by atoms with van der Waals surface area (Å²) in [4.78, 5) is 12.4. The van der Waals surface area contributed by atoms with Gasteiger partial charge in [0.05, 0.1) is 5.56 Å². The molecule has 0 heterocycles. The Labute approximate surface area is 126 Å². The normalized spacial score (nSPS) is 18.6. The topological polar surface area (TPSA) is 87.7 Å². The van der Waals surface area contributed by atoms with Crippen LogP contribution >= 0.6 is 15.9 Å². The Morgan fingerprint density at radius 2 is 1.95 bits per heavy atom. The molecule has 108 valence electrons. The maximum Gasteiger partial charge on any atom is 0.253 e. The highest BCUT2D eigenvalue weighted by molar-refractivity contribution is 9.10. The van der Waals surface area contributed by atoms with Crippen LogP contribution in [0, 0.1) is 0 Å². The number of carbonyl (C=O) groups is 1. The molecule has 20 heavy (non-hydrogen) atoms. The lowest BCUT2D eigenvalue weighted by Gasteiger charge is -2.36. The number of carbonyl (C=O) groups excluding carboxylic acids is 1. The number of nitrogens with zero attached hydrogens (tertiary/aromatic N) is 1. The third-order valence-electron chi connectivity index (χ3n) is 3.78. The highest BCUT2D eigenvalue weighted by Gasteiger charge is 2.38. The second kappa shape index (κ2) is 6.26. The molecule has 1 aliphatic carbocycles. The zero-order valence-electron chi connectivity index (χ0n) is 11.1. The summed E-state index contributed by atoms with van der Waals surface area (Å²) in [7, 11) is 0. The molecule has 5 nitrogen and oxygen atoms in total. The lowest BCUT2D eigenvalue weighted by atomic mass is 9.80. The van der Waals surface area contributed by atoms with Crippen molar-refractivity contribution in [3.8, 4) is 0 Å². The summed E-state index contributed by atoms with van der Waals surface area (Å²) >= 11 is 3.36. The van der Waals surface area contributed by atoms with Crippen molar-refractivity contribution in [1.29, 1.82) is 0 Å². The van der Waals surface area contributed by atoms with E-state index in [1.165, 1.54) is 0 Å². The van der Waals surface area contributed by atoms with Gasteiger partial charge in [-0.05, 0) is 40.9 Å². The first-order valence-corrected chi connectivity index (χ1v) is 7.43. The van der Waals surface area contributed by atoms with Crippen molar-refractivity contribution < 1.29 is 10.0 Å². The number of oxime groups is 1. The minimum atomic E-state index is -0.737. The fourth-order valence-electron chi connectivity index (χ4n) is 2.63. The number of nitrogens with one attached hydrogen (secondary N) is 1. The summed E-state index contributed by atoms with van der Waals surface area (Å²) in [5.74, 6) is -0.136. The second-order valence-electron chi connectivity index (χ2n) is 5.06. The van der Waals surface area contributed by atoms with Crippen LogP contribution in [0.5, 0.6) is 0 Å². The fourth-order valence-corrected chi connectivity index (χ4v) is 3.09. The molecule has 1 aromatic carbocycles. The molecule has 4 N–H and O–H groups in total. The van der Waals surface area contributed by atoms with Crippen LogP contribution in [0.2, 0.25) is 0 Å². The van der Waals surface area contributed by atoms with Crippen LogP contribution < -0.4 is 11.1 Å². The Kier molecular flexibility index (Phi) is 4.65. The van der Waals surface area contributed by atoms with Gasteiger partial charge in [-0.25, -0.2) is 0 Å². The maximum absolute atomic E-state index is 12.4. The Hall–Kier alpha value is -1.56. The van der Waals surface area contributed by atoms with Crippen molar-refractivity contribution in [2.75, 3.05) is 0 Å². The number of halogens is 1. The summed E-state index contributed by atoms with van der Waals surface area (Å²) in [6.45, 7) is 0. The molecule has 1 fully saturated rings. The number of amides is 1. The van der Waals surface area contributed by atoms with Crippen LogP contribution in [0.1, 0.15) is 42.5 Å². The smallest absolute Gasteiger partial charge is 0.253 e. The first-order chi connectivity index (χ1) is 9.59. The molecule has 1 aliphatic rings. The third kappa shape index (κ3) is 2.95. The molecule has 2 rings (SSSR count). The van der Waals surface area contributed by atoms with Crippen LogP contribution in [-0.4, -0.2) is 22.5 Å². The lowest BCUT2D eigenvalue weighted by Crippen LogP contribution is -2.58. The lowest BCUT2D eigenvalue weighted by molar-refractivity contribution is 0.0905. The quantitative estimate of drug-likeness (QED) is 0.342. The fraction of sp³-hybridized carbons (Fsp3) is 0.429. The monoisotopic (exact) mass is 339 g/mol. The minimum absolute atomic E-state index is 0.0811. The largest absolute Gasteiger partial charge is 0.409 e. The average Bonchev–Trinajstić information content (AvgIpc) is 2.47. The first-order valence-electron chi connectivity index (χ1n) is 6.64. The summed E-state index contributed by atoms with van der Waals surface area (Å²) < 4.78 is 0.725. The van der Waals surface area contributed by atoms with Gasteiger partial charge in [0.25, 0.3) is 5.91 Å². The molecule has 0 unspecified atom stereocenters. The molecule has 0 spiro atoms. The van der Waals surface area contributed by atoms with Gasteiger partial charge in [-0.15, -0.1) is 0 Å². The highest BCUT2D eigenvalue weighted by Crippen LogP contribution is 2.29. The van der Waals surface area contributed by atoms with Crippen LogP contribution in [0.4, 0.5) is 0 Å². The highest BCUT2D eigenvalue weighted by atomic mass is 79.9. The molecule has 1 amide bonds. The van der Waals surface area contributed by atoms with Gasteiger partial charge >= 0.3 is 0 Å². The number of hydrogen-bond acceptors (Lipinski definition) is 3. The predicted molar refractivity (Wildman–Crippen MR) is 80.8 cm³/mol. The van der Waals surface area contributed by atoms with Gasteiger partial charge in [0.2, 0.25) is 0 Å². The van der Waals surface area contributed by atoms with Gasteiger partial charge in [0.1, 0.15) is 5.54 Å². The van der Waals surface area contributed by atoms with E-state index in [-0.39, 0.29) is 11.7 Å². The van der Waals surface area contributed by atoms with Crippen molar-refractivity contribution in [3.05, 3.63) is 34.3 Å². The predicted octanol–water partition coefficient (Wildman–Crippen LogP) is 2.63. The van der Waals surface area contributed by atoms with Gasteiger partial charge in [-0.2, -0.15) is 0 Å². The van der Waals surface area contributed by atoms with Crippen LogP contribution in [-0.2, 0) is 0 Å². The standard InChI is InChI=1S/C14H18BrN3O2/c15-11-7-3-2-6-10(11)12(19)17-14(13(16)18-20)8-4-1-5-9-14/h2-3,6-7,20H,1,4-5,8-9H2,(H2,16,18)(H,17,19). The Morgan fingerprint density at radius 1 is 1.30 bits per heavy atom. The van der Waals surface area contributed by atoms with E-state index >= 15 is 0 Å². The zero-order chi connectivity index (χ0) is 14.6. The maximum atomic E-state index is 12.4. The molecular formula is C14H18BrN3O2. The van der Waals surface area contributed by atoms with Crippen molar-refractivity contribution in [2.45, 2.75) is 37.6 Å². The van der Waals surface area contributed by atoms with E-state index in [9.17, 15) is 4.79 Å². The molecular weight excluding hydrogens is 322 g/mol. The van der Waals surface area contributed by atoms with E-state index in [1.54, 1.807) is 12.1 Å². The van der Waals surface area contributed by atoms with Crippen LogP contribution in [0.25, 0.3) is 0 Å². The van der Waals surface area contributed by atoms with Gasteiger partial charge in [-0.1, -0.05) is 36.6 Å². The van der Waals surface area contributed by atoms with E-state index in [4.69, 9.17) is 10.9 Å². The summed E-state index contributed by atoms with van der Waals surface area (Å²) in [6.07, 6.45) is 4.39. The second-order valence-corrected chi connectivity index (χ2v) is 5.92. The van der Waals surface area contributed by atoms with E-state index in [0.717, 1.165) is 23.7 Å². The van der Waals surface area contributed by atoms with Crippen molar-refractivity contribution in [1.82, 2.24) is 5.32 Å². The molecule has 0 radical (unpaired) electrons. The van der Waals surface area contributed by atoms with E-state index in [0.29, 0.717) is 18.4 Å². The van der Waals surface area contributed by atoms with E-state index < -0.39 is 5.54 Å². The molecule has 6 heteroatoms. The molecule has 0 bridgehead atoms.